The van der Waals surface area contributed by atoms with Gasteiger partial charge in [0.05, 0.1) is 5.69 Å². The molecule has 0 saturated carbocycles. The molecule has 0 aliphatic carbocycles. The Morgan fingerprint density at radius 2 is 2.10 bits per heavy atom. The predicted octanol–water partition coefficient (Wildman–Crippen LogP) is 3.78. The molecule has 0 unspecified atom stereocenters. The second kappa shape index (κ2) is 4.98. The molecule has 0 fully saturated rings. The summed E-state index contributed by atoms with van der Waals surface area (Å²) in [7, 11) is 0. The van der Waals surface area contributed by atoms with E-state index in [4.69, 9.17) is 11.6 Å². The molecule has 3 rings (SSSR count). The summed E-state index contributed by atoms with van der Waals surface area (Å²) in [6.45, 7) is 1.87. The first-order valence-corrected chi connectivity index (χ1v) is 6.53. The van der Waals surface area contributed by atoms with E-state index in [9.17, 15) is 4.79 Å². The summed E-state index contributed by atoms with van der Waals surface area (Å²) in [6, 6.07) is 11.3. The lowest BCUT2D eigenvalue weighted by molar-refractivity contribution is 0.102. The number of carbonyl (C=O) groups excluding carboxylic acids is 1. The van der Waals surface area contributed by atoms with E-state index in [1.165, 1.54) is 0 Å². The van der Waals surface area contributed by atoms with Crippen LogP contribution in [0.25, 0.3) is 10.9 Å². The van der Waals surface area contributed by atoms with Crippen LogP contribution in [0.4, 0.5) is 5.69 Å². The highest BCUT2D eigenvalue weighted by molar-refractivity contribution is 6.32. The van der Waals surface area contributed by atoms with E-state index in [0.717, 1.165) is 16.5 Å². The summed E-state index contributed by atoms with van der Waals surface area (Å²) in [5, 5.41) is 4.07. The molecule has 0 saturated heterocycles. The molecule has 2 N–H and O–H groups in total. The van der Waals surface area contributed by atoms with Gasteiger partial charge < -0.3 is 10.3 Å². The van der Waals surface area contributed by atoms with Crippen LogP contribution in [0.1, 0.15) is 16.1 Å². The predicted molar refractivity (Wildman–Crippen MR) is 80.2 cm³/mol. The second-order valence-corrected chi connectivity index (χ2v) is 4.88. The number of aryl methyl sites for hydroxylation is 1. The second-order valence-electron chi connectivity index (χ2n) is 4.52. The maximum absolute atomic E-state index is 12.3. The SMILES string of the molecule is Cc1ccnc(Cl)c1NC(=O)c1cc2ccccc2[nH]1. The minimum atomic E-state index is -0.237. The number of H-pyrrole nitrogens is 1. The van der Waals surface area contributed by atoms with Gasteiger partial charge in [-0.3, -0.25) is 4.79 Å². The van der Waals surface area contributed by atoms with Crippen LogP contribution in [0.3, 0.4) is 0 Å². The molecule has 0 aliphatic rings. The molecule has 0 spiro atoms. The van der Waals surface area contributed by atoms with Crippen LogP contribution in [-0.4, -0.2) is 15.9 Å². The first-order valence-electron chi connectivity index (χ1n) is 6.15. The third-order valence-electron chi connectivity index (χ3n) is 3.13. The van der Waals surface area contributed by atoms with E-state index in [1.54, 1.807) is 12.3 Å². The van der Waals surface area contributed by atoms with Gasteiger partial charge in [0.2, 0.25) is 0 Å². The summed E-state index contributed by atoms with van der Waals surface area (Å²) >= 11 is 6.00. The van der Waals surface area contributed by atoms with Crippen molar-refractivity contribution in [1.29, 1.82) is 0 Å². The monoisotopic (exact) mass is 285 g/mol. The van der Waals surface area contributed by atoms with Crippen molar-refractivity contribution in [3.8, 4) is 0 Å². The molecule has 2 aromatic heterocycles. The molecule has 4 nitrogen and oxygen atoms in total. The molecule has 0 atom stereocenters. The Labute approximate surface area is 120 Å². The Balaban J connectivity index is 1.93. The lowest BCUT2D eigenvalue weighted by Crippen LogP contribution is -2.13. The third kappa shape index (κ3) is 2.26. The molecular weight excluding hydrogens is 274 g/mol. The lowest BCUT2D eigenvalue weighted by Gasteiger charge is -2.08. The zero-order valence-corrected chi connectivity index (χ0v) is 11.5. The van der Waals surface area contributed by atoms with Gasteiger partial charge in [-0.15, -0.1) is 0 Å². The fourth-order valence-corrected chi connectivity index (χ4v) is 2.30. The number of pyridine rings is 1. The molecule has 0 radical (unpaired) electrons. The van der Waals surface area contributed by atoms with Gasteiger partial charge in [0.1, 0.15) is 5.69 Å². The van der Waals surface area contributed by atoms with Crippen LogP contribution in [0.2, 0.25) is 5.15 Å². The number of aromatic amines is 1. The van der Waals surface area contributed by atoms with Gasteiger partial charge in [0.25, 0.3) is 5.91 Å². The van der Waals surface area contributed by atoms with E-state index in [1.807, 2.05) is 37.3 Å². The number of halogens is 1. The van der Waals surface area contributed by atoms with Crippen LogP contribution < -0.4 is 5.32 Å². The lowest BCUT2D eigenvalue weighted by atomic mass is 10.2. The van der Waals surface area contributed by atoms with E-state index >= 15 is 0 Å². The molecule has 0 aliphatic heterocycles. The average molecular weight is 286 g/mol. The van der Waals surface area contributed by atoms with Gasteiger partial charge >= 0.3 is 0 Å². The van der Waals surface area contributed by atoms with Gasteiger partial charge in [-0.05, 0) is 30.7 Å². The fourth-order valence-electron chi connectivity index (χ4n) is 2.05. The molecule has 0 bridgehead atoms. The smallest absolute Gasteiger partial charge is 0.272 e. The van der Waals surface area contributed by atoms with Crippen molar-refractivity contribution < 1.29 is 4.79 Å². The van der Waals surface area contributed by atoms with E-state index in [0.29, 0.717) is 11.4 Å². The Kier molecular flexibility index (Phi) is 3.16. The minimum absolute atomic E-state index is 0.237. The molecule has 20 heavy (non-hydrogen) atoms. The van der Waals surface area contributed by atoms with Crippen molar-refractivity contribution in [2.75, 3.05) is 5.32 Å². The number of hydrogen-bond acceptors (Lipinski definition) is 2. The number of amides is 1. The minimum Gasteiger partial charge on any atom is -0.351 e. The number of benzene rings is 1. The summed E-state index contributed by atoms with van der Waals surface area (Å²) in [5.41, 5.74) is 2.82. The topological polar surface area (TPSA) is 57.8 Å². The van der Waals surface area contributed by atoms with Crippen molar-refractivity contribution in [1.82, 2.24) is 9.97 Å². The Bertz CT molecular complexity index is 741. The normalized spacial score (nSPS) is 10.7. The van der Waals surface area contributed by atoms with E-state index < -0.39 is 0 Å². The van der Waals surface area contributed by atoms with Crippen molar-refractivity contribution in [3.05, 3.63) is 59.0 Å². The number of hydrogen-bond donors (Lipinski definition) is 2. The van der Waals surface area contributed by atoms with Crippen molar-refractivity contribution in [2.45, 2.75) is 6.92 Å². The van der Waals surface area contributed by atoms with Crippen LogP contribution in [-0.2, 0) is 0 Å². The molecule has 100 valence electrons. The third-order valence-corrected chi connectivity index (χ3v) is 3.41. The van der Waals surface area contributed by atoms with Crippen LogP contribution in [0.15, 0.2) is 42.6 Å². The maximum Gasteiger partial charge on any atom is 0.272 e. The number of rotatable bonds is 2. The number of para-hydroxylation sites is 1. The quantitative estimate of drug-likeness (QED) is 0.704. The zero-order chi connectivity index (χ0) is 14.1. The Hall–Kier alpha value is -2.33. The fraction of sp³-hybridized carbons (Fsp3) is 0.0667. The van der Waals surface area contributed by atoms with Crippen molar-refractivity contribution in [3.63, 3.8) is 0 Å². The summed E-state index contributed by atoms with van der Waals surface area (Å²) < 4.78 is 0. The molecule has 1 aromatic carbocycles. The standard InChI is InChI=1S/C15H12ClN3O/c1-9-6-7-17-14(16)13(9)19-15(20)12-8-10-4-2-3-5-11(10)18-12/h2-8,18H,1H3,(H,19,20). The number of fused-ring (bicyclic) bond motifs is 1. The highest BCUT2D eigenvalue weighted by Crippen LogP contribution is 2.24. The maximum atomic E-state index is 12.3. The summed E-state index contributed by atoms with van der Waals surface area (Å²) in [6.07, 6.45) is 1.61. The van der Waals surface area contributed by atoms with Crippen LogP contribution in [0, 0.1) is 6.92 Å². The number of aromatic nitrogens is 2. The summed E-state index contributed by atoms with van der Waals surface area (Å²) in [5.74, 6) is -0.237. The van der Waals surface area contributed by atoms with Gasteiger partial charge in [-0.1, -0.05) is 29.8 Å². The van der Waals surface area contributed by atoms with Gasteiger partial charge in [-0.2, -0.15) is 0 Å². The van der Waals surface area contributed by atoms with Gasteiger partial charge in [0, 0.05) is 17.1 Å². The van der Waals surface area contributed by atoms with Gasteiger partial charge in [0.15, 0.2) is 5.15 Å². The molecule has 3 aromatic rings. The average Bonchev–Trinajstić information content (AvgIpc) is 2.87. The molecule has 1 amide bonds. The highest BCUT2D eigenvalue weighted by atomic mass is 35.5. The number of carbonyl (C=O) groups is 1. The largest absolute Gasteiger partial charge is 0.351 e. The Morgan fingerprint density at radius 3 is 2.85 bits per heavy atom. The van der Waals surface area contributed by atoms with E-state index in [2.05, 4.69) is 15.3 Å². The number of nitrogens with one attached hydrogen (secondary N) is 2. The van der Waals surface area contributed by atoms with Crippen LogP contribution in [0.5, 0.6) is 0 Å². The van der Waals surface area contributed by atoms with Gasteiger partial charge in [-0.25, -0.2) is 4.98 Å². The number of anilines is 1. The highest BCUT2D eigenvalue weighted by Gasteiger charge is 2.13. The number of nitrogens with zero attached hydrogens (tertiary/aromatic N) is 1. The molecule has 2 heterocycles. The zero-order valence-electron chi connectivity index (χ0n) is 10.8. The summed E-state index contributed by atoms with van der Waals surface area (Å²) in [4.78, 5) is 19.3. The van der Waals surface area contributed by atoms with Crippen molar-refractivity contribution in [2.24, 2.45) is 0 Å². The van der Waals surface area contributed by atoms with Crippen LogP contribution >= 0.6 is 11.6 Å². The first kappa shape index (κ1) is 12.7. The molecular formula is C15H12ClN3O. The first-order chi connectivity index (χ1) is 9.65. The van der Waals surface area contributed by atoms with E-state index in [-0.39, 0.29) is 11.1 Å². The molecule has 5 heteroatoms. The van der Waals surface area contributed by atoms with Crippen molar-refractivity contribution >= 4 is 34.1 Å². The Morgan fingerprint density at radius 1 is 1.30 bits per heavy atom.